The first kappa shape index (κ1) is 21.6. The molecule has 0 saturated carbocycles. The van der Waals surface area contributed by atoms with E-state index in [0.29, 0.717) is 45.7 Å². The van der Waals surface area contributed by atoms with Crippen LogP contribution < -0.4 is 10.9 Å². The van der Waals surface area contributed by atoms with E-state index >= 15 is 0 Å². The predicted molar refractivity (Wildman–Crippen MR) is 125 cm³/mol. The summed E-state index contributed by atoms with van der Waals surface area (Å²) in [6, 6.07) is 8.15. The number of imidazole rings is 1. The molecule has 1 atom stereocenters. The van der Waals surface area contributed by atoms with Crippen LogP contribution in [0.25, 0.3) is 27.8 Å². The number of aromatic amines is 1. The van der Waals surface area contributed by atoms with Crippen LogP contribution in [0.2, 0.25) is 0 Å². The van der Waals surface area contributed by atoms with E-state index in [9.17, 15) is 13.6 Å². The molecule has 172 valence electrons. The van der Waals surface area contributed by atoms with Gasteiger partial charge in [-0.2, -0.15) is 0 Å². The second kappa shape index (κ2) is 8.29. The van der Waals surface area contributed by atoms with E-state index in [1.54, 1.807) is 32.0 Å². The number of para-hydroxylation sites is 1. The van der Waals surface area contributed by atoms with Gasteiger partial charge in [0.25, 0.3) is 5.56 Å². The van der Waals surface area contributed by atoms with E-state index in [4.69, 9.17) is 4.98 Å². The zero-order valence-corrected chi connectivity index (χ0v) is 18.7. The van der Waals surface area contributed by atoms with Gasteiger partial charge in [-0.05, 0) is 44.0 Å². The van der Waals surface area contributed by atoms with Crippen LogP contribution >= 0.6 is 0 Å². The number of nitrogens with one attached hydrogen (secondary N) is 2. The summed E-state index contributed by atoms with van der Waals surface area (Å²) in [4.78, 5) is 34.3. The summed E-state index contributed by atoms with van der Waals surface area (Å²) < 4.78 is 30.9. The first-order chi connectivity index (χ1) is 16.4. The van der Waals surface area contributed by atoms with Crippen molar-refractivity contribution in [1.82, 2.24) is 29.5 Å². The monoisotopic (exact) mass is 461 g/mol. The van der Waals surface area contributed by atoms with Crippen molar-refractivity contribution in [3.05, 3.63) is 81.9 Å². The molecule has 0 bridgehead atoms. The van der Waals surface area contributed by atoms with Gasteiger partial charge in [0.2, 0.25) is 0 Å². The number of hydrogen-bond donors (Lipinski definition) is 2. The molecule has 0 fully saturated rings. The van der Waals surface area contributed by atoms with E-state index in [-0.39, 0.29) is 5.82 Å². The lowest BCUT2D eigenvalue weighted by atomic mass is 10.1. The molecular formula is C24H21F2N7O. The van der Waals surface area contributed by atoms with E-state index in [0.717, 1.165) is 16.7 Å². The van der Waals surface area contributed by atoms with Crippen molar-refractivity contribution in [3.63, 3.8) is 0 Å². The summed E-state index contributed by atoms with van der Waals surface area (Å²) in [6.45, 7) is 5.38. The van der Waals surface area contributed by atoms with E-state index in [1.807, 2.05) is 6.92 Å². The number of rotatable bonds is 5. The fourth-order valence-corrected chi connectivity index (χ4v) is 4.13. The Hall–Kier alpha value is -4.21. The SMILES string of the molecule is CCC(Nc1nc(C)nc2nc[nH]c12)c1nc2cccc(C)c2c(=O)n1-c1c(F)cccc1F. The van der Waals surface area contributed by atoms with Gasteiger partial charge < -0.3 is 10.3 Å². The Balaban J connectivity index is 1.79. The number of halogens is 2. The number of benzene rings is 2. The van der Waals surface area contributed by atoms with Crippen LogP contribution in [-0.2, 0) is 0 Å². The van der Waals surface area contributed by atoms with E-state index in [1.165, 1.54) is 12.4 Å². The molecule has 0 saturated heterocycles. The molecule has 0 radical (unpaired) electrons. The Morgan fingerprint density at radius 1 is 1.06 bits per heavy atom. The molecule has 0 aliphatic carbocycles. The molecule has 0 aliphatic rings. The Morgan fingerprint density at radius 2 is 1.79 bits per heavy atom. The van der Waals surface area contributed by atoms with Crippen LogP contribution in [0.15, 0.2) is 47.5 Å². The van der Waals surface area contributed by atoms with Crippen LogP contribution in [0.5, 0.6) is 0 Å². The second-order valence-electron chi connectivity index (χ2n) is 7.98. The molecule has 1 unspecified atom stereocenters. The highest BCUT2D eigenvalue weighted by molar-refractivity contribution is 5.83. The van der Waals surface area contributed by atoms with Gasteiger partial charge in [-0.25, -0.2) is 28.7 Å². The van der Waals surface area contributed by atoms with Gasteiger partial charge in [0.05, 0.1) is 23.3 Å². The summed E-state index contributed by atoms with van der Waals surface area (Å²) in [6.07, 6.45) is 1.95. The molecule has 10 heteroatoms. The third-order valence-corrected chi connectivity index (χ3v) is 5.72. The van der Waals surface area contributed by atoms with Crippen molar-refractivity contribution in [2.45, 2.75) is 33.2 Å². The minimum Gasteiger partial charge on any atom is -0.358 e. The third kappa shape index (κ3) is 3.47. The molecule has 0 spiro atoms. The first-order valence-electron chi connectivity index (χ1n) is 10.8. The lowest BCUT2D eigenvalue weighted by Crippen LogP contribution is -2.30. The molecule has 3 heterocycles. The van der Waals surface area contributed by atoms with Gasteiger partial charge in [0.1, 0.15) is 34.5 Å². The lowest BCUT2D eigenvalue weighted by molar-refractivity contribution is 0.553. The van der Waals surface area contributed by atoms with E-state index < -0.39 is 28.9 Å². The number of fused-ring (bicyclic) bond motifs is 2. The van der Waals surface area contributed by atoms with Gasteiger partial charge in [0, 0.05) is 0 Å². The Morgan fingerprint density at radius 3 is 2.53 bits per heavy atom. The molecule has 2 N–H and O–H groups in total. The Labute approximate surface area is 192 Å². The normalized spacial score (nSPS) is 12.4. The minimum absolute atomic E-state index is 0.165. The summed E-state index contributed by atoms with van der Waals surface area (Å²) in [7, 11) is 0. The Kier molecular flexibility index (Phi) is 5.27. The second-order valence-corrected chi connectivity index (χ2v) is 7.98. The van der Waals surface area contributed by atoms with Crippen LogP contribution in [0, 0.1) is 25.5 Å². The van der Waals surface area contributed by atoms with Gasteiger partial charge in [-0.3, -0.25) is 9.36 Å². The fourth-order valence-electron chi connectivity index (χ4n) is 4.13. The zero-order chi connectivity index (χ0) is 24.0. The van der Waals surface area contributed by atoms with Gasteiger partial charge in [0.15, 0.2) is 11.5 Å². The number of H-pyrrole nitrogens is 1. The highest BCUT2D eigenvalue weighted by Crippen LogP contribution is 2.28. The summed E-state index contributed by atoms with van der Waals surface area (Å²) >= 11 is 0. The van der Waals surface area contributed by atoms with Crippen LogP contribution in [-0.4, -0.2) is 29.5 Å². The molecule has 0 amide bonds. The van der Waals surface area contributed by atoms with Crippen molar-refractivity contribution in [1.29, 1.82) is 0 Å². The number of aromatic nitrogens is 6. The third-order valence-electron chi connectivity index (χ3n) is 5.72. The van der Waals surface area contributed by atoms with Crippen molar-refractivity contribution in [3.8, 4) is 5.69 Å². The topological polar surface area (TPSA) is 101 Å². The molecule has 8 nitrogen and oxygen atoms in total. The largest absolute Gasteiger partial charge is 0.358 e. The smallest absolute Gasteiger partial charge is 0.266 e. The average molecular weight is 461 g/mol. The maximum atomic E-state index is 14.9. The molecule has 5 aromatic rings. The highest BCUT2D eigenvalue weighted by atomic mass is 19.1. The molecule has 34 heavy (non-hydrogen) atoms. The molecule has 2 aromatic carbocycles. The van der Waals surface area contributed by atoms with Crippen LogP contribution in [0.1, 0.15) is 36.6 Å². The zero-order valence-electron chi connectivity index (χ0n) is 18.7. The van der Waals surface area contributed by atoms with E-state index in [2.05, 4.69) is 25.3 Å². The van der Waals surface area contributed by atoms with Crippen LogP contribution in [0.4, 0.5) is 14.6 Å². The van der Waals surface area contributed by atoms with Gasteiger partial charge in [-0.15, -0.1) is 0 Å². The standard InChI is InChI=1S/C24H21F2N7O/c1-4-16(31-22-19-21(28-11-27-19)29-13(3)30-22)23-32-17-10-5-7-12(2)18(17)24(34)33(23)20-14(25)8-6-9-15(20)26/h5-11,16H,4H2,1-3H3,(H2,27,28,29,30,31). The van der Waals surface area contributed by atoms with Crippen molar-refractivity contribution in [2.24, 2.45) is 0 Å². The van der Waals surface area contributed by atoms with Gasteiger partial charge >= 0.3 is 0 Å². The Bertz CT molecular complexity index is 1590. The number of nitrogens with zero attached hydrogens (tertiary/aromatic N) is 5. The quantitative estimate of drug-likeness (QED) is 0.399. The highest BCUT2D eigenvalue weighted by Gasteiger charge is 2.25. The maximum Gasteiger partial charge on any atom is 0.266 e. The molecule has 3 aromatic heterocycles. The molecular weight excluding hydrogens is 440 g/mol. The molecule has 5 rings (SSSR count). The van der Waals surface area contributed by atoms with Gasteiger partial charge in [-0.1, -0.05) is 25.1 Å². The summed E-state index contributed by atoms with van der Waals surface area (Å²) in [5, 5.41) is 3.58. The maximum absolute atomic E-state index is 14.9. The summed E-state index contributed by atoms with van der Waals surface area (Å²) in [5.41, 5.74) is 1.15. The average Bonchev–Trinajstić information content (AvgIpc) is 3.27. The number of aryl methyl sites for hydroxylation is 2. The van der Waals surface area contributed by atoms with Crippen molar-refractivity contribution in [2.75, 3.05) is 5.32 Å². The van der Waals surface area contributed by atoms with Crippen LogP contribution in [0.3, 0.4) is 0 Å². The predicted octanol–water partition coefficient (Wildman–Crippen LogP) is 4.51. The fraction of sp³-hybridized carbons (Fsp3) is 0.208. The van der Waals surface area contributed by atoms with Crippen molar-refractivity contribution >= 4 is 27.9 Å². The minimum atomic E-state index is -0.859. The lowest BCUT2D eigenvalue weighted by Gasteiger charge is -2.23. The first-order valence-corrected chi connectivity index (χ1v) is 10.8. The number of hydrogen-bond acceptors (Lipinski definition) is 6. The molecule has 0 aliphatic heterocycles. The van der Waals surface area contributed by atoms with Crippen molar-refractivity contribution < 1.29 is 8.78 Å². The summed E-state index contributed by atoms with van der Waals surface area (Å²) in [5.74, 6) is -0.607. The number of anilines is 1.